The fourth-order valence-electron chi connectivity index (χ4n) is 3.43. The van der Waals surface area contributed by atoms with E-state index in [0.29, 0.717) is 36.8 Å². The first-order valence-corrected chi connectivity index (χ1v) is 11.4. The van der Waals surface area contributed by atoms with Crippen molar-refractivity contribution in [2.45, 2.75) is 38.1 Å². The summed E-state index contributed by atoms with van der Waals surface area (Å²) >= 11 is 0. The van der Waals surface area contributed by atoms with Gasteiger partial charge in [0.1, 0.15) is 0 Å². The molecule has 2 N–H and O–H groups in total. The van der Waals surface area contributed by atoms with Gasteiger partial charge in [0, 0.05) is 37.8 Å². The molecule has 0 aliphatic carbocycles. The zero-order valence-electron chi connectivity index (χ0n) is 17.2. The van der Waals surface area contributed by atoms with Gasteiger partial charge in [-0.3, -0.25) is 9.59 Å². The highest BCUT2D eigenvalue weighted by molar-refractivity contribution is 7.89. The van der Waals surface area contributed by atoms with Gasteiger partial charge in [-0.2, -0.15) is 4.31 Å². The van der Waals surface area contributed by atoms with E-state index in [9.17, 15) is 18.0 Å². The summed E-state index contributed by atoms with van der Waals surface area (Å²) in [6.07, 6.45) is 1.92. The topological polar surface area (TPSA) is 95.6 Å². The van der Waals surface area contributed by atoms with Crippen molar-refractivity contribution >= 4 is 27.5 Å². The Kier molecular flexibility index (Phi) is 6.89. The molecule has 1 heterocycles. The molecule has 2 aromatic rings. The molecule has 0 bridgehead atoms. The van der Waals surface area contributed by atoms with Gasteiger partial charge < -0.3 is 10.6 Å². The molecular formula is C22H27N3O4S. The summed E-state index contributed by atoms with van der Waals surface area (Å²) in [6, 6.07) is 13.2. The molecule has 0 saturated carbocycles. The number of nitrogens with zero attached hydrogens (tertiary/aromatic N) is 1. The molecule has 1 saturated heterocycles. The second-order valence-corrected chi connectivity index (χ2v) is 9.63. The number of nitrogens with one attached hydrogen (secondary N) is 2. The second-order valence-electron chi connectivity index (χ2n) is 7.70. The highest BCUT2D eigenvalue weighted by atomic mass is 32.2. The van der Waals surface area contributed by atoms with Gasteiger partial charge in [0.15, 0.2) is 0 Å². The molecule has 160 valence electrons. The van der Waals surface area contributed by atoms with E-state index >= 15 is 0 Å². The van der Waals surface area contributed by atoms with Crippen molar-refractivity contribution < 1.29 is 18.0 Å². The zero-order valence-corrected chi connectivity index (χ0v) is 18.0. The first kappa shape index (κ1) is 22.0. The quantitative estimate of drug-likeness (QED) is 0.738. The number of piperidine rings is 1. The van der Waals surface area contributed by atoms with E-state index < -0.39 is 10.0 Å². The number of carbonyl (C=O) groups excluding carboxylic acids is 2. The Morgan fingerprint density at radius 3 is 2.33 bits per heavy atom. The van der Waals surface area contributed by atoms with Crippen LogP contribution in [0.2, 0.25) is 0 Å². The Labute approximate surface area is 177 Å². The SMILES string of the molecule is CC(=O)NCc1ccc(C(=O)Nc2ccc(S(=O)(=O)N3CCCC(C)C3)cc2)cc1. The number of carbonyl (C=O) groups is 2. The van der Waals surface area contributed by atoms with Gasteiger partial charge in [-0.05, 0) is 60.7 Å². The fraction of sp³-hybridized carbons (Fsp3) is 0.364. The van der Waals surface area contributed by atoms with Crippen LogP contribution in [0.3, 0.4) is 0 Å². The van der Waals surface area contributed by atoms with Gasteiger partial charge in [0.05, 0.1) is 4.90 Å². The van der Waals surface area contributed by atoms with Crippen LogP contribution in [0.25, 0.3) is 0 Å². The third-order valence-electron chi connectivity index (χ3n) is 5.13. The van der Waals surface area contributed by atoms with Crippen molar-refractivity contribution in [3.8, 4) is 0 Å². The van der Waals surface area contributed by atoms with Crippen LogP contribution in [-0.2, 0) is 21.4 Å². The fourth-order valence-corrected chi connectivity index (χ4v) is 5.03. The van der Waals surface area contributed by atoms with Crippen molar-refractivity contribution in [1.29, 1.82) is 0 Å². The van der Waals surface area contributed by atoms with Gasteiger partial charge >= 0.3 is 0 Å². The van der Waals surface area contributed by atoms with Crippen LogP contribution in [0.4, 0.5) is 5.69 Å². The summed E-state index contributed by atoms with van der Waals surface area (Å²) in [4.78, 5) is 23.7. The van der Waals surface area contributed by atoms with Crippen LogP contribution in [0.5, 0.6) is 0 Å². The molecule has 0 radical (unpaired) electrons. The average molecular weight is 430 g/mol. The summed E-state index contributed by atoms with van der Waals surface area (Å²) < 4.78 is 27.2. The molecule has 7 nitrogen and oxygen atoms in total. The maximum Gasteiger partial charge on any atom is 0.255 e. The Morgan fingerprint density at radius 2 is 1.73 bits per heavy atom. The Bertz CT molecular complexity index is 1000. The molecule has 1 atom stereocenters. The Morgan fingerprint density at radius 1 is 1.07 bits per heavy atom. The molecule has 1 fully saturated rings. The molecule has 3 rings (SSSR count). The van der Waals surface area contributed by atoms with E-state index in [1.54, 1.807) is 36.4 Å². The minimum absolute atomic E-state index is 0.114. The van der Waals surface area contributed by atoms with E-state index in [1.165, 1.54) is 23.4 Å². The smallest absolute Gasteiger partial charge is 0.255 e. The van der Waals surface area contributed by atoms with Crippen LogP contribution < -0.4 is 10.6 Å². The van der Waals surface area contributed by atoms with Gasteiger partial charge in [0.2, 0.25) is 15.9 Å². The van der Waals surface area contributed by atoms with Crippen LogP contribution in [0, 0.1) is 5.92 Å². The van der Waals surface area contributed by atoms with Crippen molar-refractivity contribution in [1.82, 2.24) is 9.62 Å². The maximum absolute atomic E-state index is 12.8. The minimum Gasteiger partial charge on any atom is -0.352 e. The monoisotopic (exact) mass is 429 g/mol. The lowest BCUT2D eigenvalue weighted by molar-refractivity contribution is -0.119. The molecule has 1 unspecified atom stereocenters. The molecule has 1 aliphatic heterocycles. The van der Waals surface area contributed by atoms with Gasteiger partial charge in [-0.15, -0.1) is 0 Å². The molecule has 2 aromatic carbocycles. The van der Waals surface area contributed by atoms with E-state index in [4.69, 9.17) is 0 Å². The van der Waals surface area contributed by atoms with E-state index in [0.717, 1.165) is 18.4 Å². The third kappa shape index (κ3) is 5.46. The molecule has 1 aliphatic rings. The third-order valence-corrected chi connectivity index (χ3v) is 7.01. The predicted octanol–water partition coefficient (Wildman–Crippen LogP) is 3.00. The standard InChI is InChI=1S/C22H27N3O4S/c1-16-4-3-13-25(15-16)30(28,29)21-11-9-20(10-12-21)24-22(27)19-7-5-18(6-8-19)14-23-17(2)26/h5-12,16H,3-4,13-15H2,1-2H3,(H,23,26)(H,24,27). The predicted molar refractivity (Wildman–Crippen MR) is 116 cm³/mol. The number of hydrogen-bond acceptors (Lipinski definition) is 4. The normalized spacial score (nSPS) is 17.3. The number of benzene rings is 2. The number of anilines is 1. The molecule has 8 heteroatoms. The van der Waals surface area contributed by atoms with Gasteiger partial charge in [-0.1, -0.05) is 19.1 Å². The van der Waals surface area contributed by atoms with Gasteiger partial charge in [0.25, 0.3) is 5.91 Å². The summed E-state index contributed by atoms with van der Waals surface area (Å²) in [5, 5.41) is 5.48. The molecule has 30 heavy (non-hydrogen) atoms. The highest BCUT2D eigenvalue weighted by Crippen LogP contribution is 2.24. The number of hydrogen-bond donors (Lipinski definition) is 2. The maximum atomic E-state index is 12.8. The van der Waals surface area contributed by atoms with Crippen LogP contribution >= 0.6 is 0 Å². The lowest BCUT2D eigenvalue weighted by atomic mass is 10.0. The molecule has 0 aromatic heterocycles. The van der Waals surface area contributed by atoms with Crippen molar-refractivity contribution in [3.63, 3.8) is 0 Å². The lowest BCUT2D eigenvalue weighted by Crippen LogP contribution is -2.39. The average Bonchev–Trinajstić information content (AvgIpc) is 2.73. The zero-order chi connectivity index (χ0) is 21.7. The first-order valence-electron chi connectivity index (χ1n) is 10.0. The number of rotatable bonds is 6. The first-order chi connectivity index (χ1) is 14.3. The van der Waals surface area contributed by atoms with Crippen molar-refractivity contribution in [2.75, 3.05) is 18.4 Å². The number of sulfonamides is 1. The summed E-state index contributed by atoms with van der Waals surface area (Å²) in [6.45, 7) is 5.00. The Hall–Kier alpha value is -2.71. The van der Waals surface area contributed by atoms with Gasteiger partial charge in [-0.25, -0.2) is 8.42 Å². The van der Waals surface area contributed by atoms with E-state index in [-0.39, 0.29) is 16.7 Å². The van der Waals surface area contributed by atoms with Crippen LogP contribution in [-0.4, -0.2) is 37.6 Å². The lowest BCUT2D eigenvalue weighted by Gasteiger charge is -2.30. The van der Waals surface area contributed by atoms with E-state index in [2.05, 4.69) is 17.6 Å². The summed E-state index contributed by atoms with van der Waals surface area (Å²) in [5.41, 5.74) is 1.89. The van der Waals surface area contributed by atoms with Crippen molar-refractivity contribution in [2.24, 2.45) is 5.92 Å². The summed E-state index contributed by atoms with van der Waals surface area (Å²) in [7, 11) is -3.52. The van der Waals surface area contributed by atoms with Crippen LogP contribution in [0.15, 0.2) is 53.4 Å². The minimum atomic E-state index is -3.52. The largest absolute Gasteiger partial charge is 0.352 e. The van der Waals surface area contributed by atoms with Crippen LogP contribution in [0.1, 0.15) is 42.6 Å². The molecular weight excluding hydrogens is 402 g/mol. The second kappa shape index (κ2) is 9.40. The Balaban J connectivity index is 1.63. The molecule has 2 amide bonds. The highest BCUT2D eigenvalue weighted by Gasteiger charge is 2.28. The van der Waals surface area contributed by atoms with Crippen molar-refractivity contribution in [3.05, 3.63) is 59.7 Å². The molecule has 0 spiro atoms. The van der Waals surface area contributed by atoms with E-state index in [1.807, 2.05) is 0 Å². The summed E-state index contributed by atoms with van der Waals surface area (Å²) in [5.74, 6) is -0.0460. The number of amides is 2.